The highest BCUT2D eigenvalue weighted by Crippen LogP contribution is 2.30. The van der Waals surface area contributed by atoms with E-state index in [0.29, 0.717) is 30.5 Å². The Labute approximate surface area is 226 Å². The maximum atomic E-state index is 13.9. The van der Waals surface area contributed by atoms with E-state index >= 15 is 0 Å². The minimum absolute atomic E-state index is 0.0863. The first kappa shape index (κ1) is 26.0. The lowest BCUT2D eigenvalue weighted by atomic mass is 9.94. The summed E-state index contributed by atoms with van der Waals surface area (Å²) in [5.74, 6) is 1.47. The van der Waals surface area contributed by atoms with Gasteiger partial charge in [0.15, 0.2) is 5.75 Å². The number of H-pyrrole nitrogens is 1. The van der Waals surface area contributed by atoms with Gasteiger partial charge in [0.1, 0.15) is 0 Å². The van der Waals surface area contributed by atoms with Crippen LogP contribution < -0.4 is 10.3 Å². The van der Waals surface area contributed by atoms with E-state index in [4.69, 9.17) is 4.74 Å². The predicted octanol–water partition coefficient (Wildman–Crippen LogP) is 5.12. The molecule has 3 aromatic heterocycles. The van der Waals surface area contributed by atoms with Gasteiger partial charge in [0.05, 0.1) is 19.0 Å². The molecule has 0 bridgehead atoms. The van der Waals surface area contributed by atoms with E-state index in [1.165, 1.54) is 0 Å². The Morgan fingerprint density at radius 3 is 2.38 bits per heavy atom. The van der Waals surface area contributed by atoms with Crippen molar-refractivity contribution in [3.05, 3.63) is 99.7 Å². The Morgan fingerprint density at radius 2 is 1.72 bits per heavy atom. The molecule has 0 amide bonds. The maximum Gasteiger partial charge on any atom is 0.261 e. The Balaban J connectivity index is 1.50. The zero-order valence-electron chi connectivity index (χ0n) is 22.4. The minimum atomic E-state index is -0.0863. The first-order valence-corrected chi connectivity index (χ1v) is 13.2. The Hall–Kier alpha value is -4.66. The van der Waals surface area contributed by atoms with Crippen LogP contribution in [0.3, 0.4) is 0 Å². The molecular formula is C30H31N7O2. The number of tetrazole rings is 1. The average Bonchev–Trinajstić information content (AvgIpc) is 3.50. The van der Waals surface area contributed by atoms with Crippen molar-refractivity contribution in [2.75, 3.05) is 6.61 Å². The highest BCUT2D eigenvalue weighted by atomic mass is 16.5. The van der Waals surface area contributed by atoms with Gasteiger partial charge in [-0.1, -0.05) is 61.9 Å². The van der Waals surface area contributed by atoms with Crippen molar-refractivity contribution in [2.24, 2.45) is 0 Å². The zero-order valence-corrected chi connectivity index (χ0v) is 22.4. The van der Waals surface area contributed by atoms with Crippen LogP contribution in [0.25, 0.3) is 28.5 Å². The van der Waals surface area contributed by atoms with Crippen LogP contribution in [-0.2, 0) is 12.8 Å². The summed E-state index contributed by atoms with van der Waals surface area (Å²) in [7, 11) is 0. The lowest BCUT2D eigenvalue weighted by molar-refractivity contribution is 0.337. The molecule has 5 aromatic rings. The normalized spacial score (nSPS) is 11.1. The van der Waals surface area contributed by atoms with E-state index < -0.39 is 0 Å². The lowest BCUT2D eigenvalue weighted by Crippen LogP contribution is -2.28. The Bertz CT molecular complexity index is 1590. The monoisotopic (exact) mass is 521 g/mol. The summed E-state index contributed by atoms with van der Waals surface area (Å²) in [6.45, 7) is 6.52. The molecule has 0 atom stereocenters. The van der Waals surface area contributed by atoms with E-state index in [1.54, 1.807) is 17.0 Å². The second-order valence-electron chi connectivity index (χ2n) is 9.34. The fourth-order valence-electron chi connectivity index (χ4n) is 4.74. The van der Waals surface area contributed by atoms with E-state index in [9.17, 15) is 4.79 Å². The summed E-state index contributed by atoms with van der Waals surface area (Å²) < 4.78 is 7.06. The van der Waals surface area contributed by atoms with Crippen LogP contribution in [0, 0.1) is 6.92 Å². The highest BCUT2D eigenvalue weighted by Gasteiger charge is 2.17. The van der Waals surface area contributed by atoms with E-state index in [2.05, 4.69) is 67.8 Å². The number of aromatic amines is 1. The summed E-state index contributed by atoms with van der Waals surface area (Å²) in [6, 6.07) is 18.4. The molecule has 0 saturated heterocycles. The quantitative estimate of drug-likeness (QED) is 0.272. The summed E-state index contributed by atoms with van der Waals surface area (Å²) >= 11 is 0. The number of hydrogen-bond acceptors (Lipinski definition) is 7. The molecule has 9 nitrogen and oxygen atoms in total. The van der Waals surface area contributed by atoms with Crippen molar-refractivity contribution < 1.29 is 4.74 Å². The van der Waals surface area contributed by atoms with Crippen LogP contribution in [0.4, 0.5) is 0 Å². The summed E-state index contributed by atoms with van der Waals surface area (Å²) in [6.07, 6.45) is 6.64. The van der Waals surface area contributed by atoms with Gasteiger partial charge in [-0.3, -0.25) is 4.79 Å². The zero-order chi connectivity index (χ0) is 27.2. The summed E-state index contributed by atoms with van der Waals surface area (Å²) in [5, 5.41) is 14.5. The largest absolute Gasteiger partial charge is 0.491 e. The Morgan fingerprint density at radius 1 is 0.974 bits per heavy atom. The molecule has 1 N–H and O–H groups in total. The molecule has 0 aliphatic carbocycles. The third kappa shape index (κ3) is 5.62. The minimum Gasteiger partial charge on any atom is -0.491 e. The number of ether oxygens (including phenoxy) is 1. The van der Waals surface area contributed by atoms with Gasteiger partial charge < -0.3 is 4.74 Å². The fourth-order valence-corrected chi connectivity index (χ4v) is 4.74. The van der Waals surface area contributed by atoms with Crippen LogP contribution in [0.15, 0.2) is 71.8 Å². The maximum absolute atomic E-state index is 13.9. The standard InChI is InChI=1S/C30H31N7O2/c1-4-6-9-23-16-20(3)37(30-31-18-24(19-32-30)39-5-2)29(38)27(23)17-21-12-14-22(15-13-21)25-10-7-8-11-26(25)28-33-35-36-34-28/h7-8,10-16,18-19H,4-6,9,17H2,1-3H3,(H,33,34,35,36). The number of nitrogens with one attached hydrogen (secondary N) is 1. The van der Waals surface area contributed by atoms with E-state index in [-0.39, 0.29) is 5.56 Å². The average molecular weight is 522 g/mol. The number of rotatable bonds is 10. The molecule has 0 aliphatic heterocycles. The van der Waals surface area contributed by atoms with Crippen molar-refractivity contribution in [3.63, 3.8) is 0 Å². The SMILES string of the molecule is CCCCc1cc(C)n(-c2ncc(OCC)cn2)c(=O)c1Cc1ccc(-c2ccccc2-c2nn[nH]n2)cc1. The predicted molar refractivity (Wildman–Crippen MR) is 150 cm³/mol. The summed E-state index contributed by atoms with van der Waals surface area (Å²) in [5.41, 5.74) is 6.57. The van der Waals surface area contributed by atoms with E-state index in [0.717, 1.165) is 58.3 Å². The molecule has 198 valence electrons. The molecule has 39 heavy (non-hydrogen) atoms. The Kier molecular flexibility index (Phi) is 7.86. The third-order valence-corrected chi connectivity index (χ3v) is 6.67. The van der Waals surface area contributed by atoms with Crippen molar-refractivity contribution in [1.29, 1.82) is 0 Å². The number of pyridine rings is 1. The molecule has 5 rings (SSSR count). The molecule has 0 unspecified atom stereocenters. The molecule has 9 heteroatoms. The fraction of sp³-hybridized carbons (Fsp3) is 0.267. The molecule has 3 heterocycles. The van der Waals surface area contributed by atoms with Crippen LogP contribution in [-0.4, -0.2) is 41.8 Å². The lowest BCUT2D eigenvalue weighted by Gasteiger charge is -2.16. The van der Waals surface area contributed by atoms with E-state index in [1.807, 2.05) is 38.1 Å². The second-order valence-corrected chi connectivity index (χ2v) is 9.34. The first-order valence-electron chi connectivity index (χ1n) is 13.2. The van der Waals surface area contributed by atoms with Crippen LogP contribution in [0.1, 0.15) is 49.1 Å². The molecule has 2 aromatic carbocycles. The number of aryl methyl sites for hydroxylation is 2. The van der Waals surface area contributed by atoms with Gasteiger partial charge in [-0.25, -0.2) is 14.5 Å². The van der Waals surface area contributed by atoms with Crippen molar-refractivity contribution in [3.8, 4) is 34.2 Å². The van der Waals surface area contributed by atoms with Crippen molar-refractivity contribution in [2.45, 2.75) is 46.5 Å². The molecule has 0 radical (unpaired) electrons. The molecule has 0 fully saturated rings. The third-order valence-electron chi connectivity index (χ3n) is 6.67. The second kappa shape index (κ2) is 11.8. The van der Waals surface area contributed by atoms with Gasteiger partial charge in [0.25, 0.3) is 5.56 Å². The van der Waals surface area contributed by atoms with Gasteiger partial charge >= 0.3 is 0 Å². The van der Waals surface area contributed by atoms with Gasteiger partial charge in [0.2, 0.25) is 11.8 Å². The number of hydrogen-bond donors (Lipinski definition) is 1. The number of unbranched alkanes of at least 4 members (excludes halogenated alkanes) is 1. The van der Waals surface area contributed by atoms with Gasteiger partial charge in [-0.05, 0) is 60.2 Å². The summed E-state index contributed by atoms with van der Waals surface area (Å²) in [4.78, 5) is 22.7. The van der Waals surface area contributed by atoms with Crippen LogP contribution in [0.5, 0.6) is 5.75 Å². The van der Waals surface area contributed by atoms with Crippen molar-refractivity contribution in [1.82, 2.24) is 35.2 Å². The van der Waals surface area contributed by atoms with Crippen LogP contribution >= 0.6 is 0 Å². The molecule has 0 aliphatic rings. The van der Waals surface area contributed by atoms with Crippen molar-refractivity contribution >= 4 is 0 Å². The van der Waals surface area contributed by atoms with Crippen LogP contribution in [0.2, 0.25) is 0 Å². The van der Waals surface area contributed by atoms with Gasteiger partial charge in [-0.15, -0.1) is 10.2 Å². The first-order chi connectivity index (χ1) is 19.1. The smallest absolute Gasteiger partial charge is 0.261 e. The number of benzene rings is 2. The van der Waals surface area contributed by atoms with Gasteiger partial charge in [-0.2, -0.15) is 5.21 Å². The number of aromatic nitrogens is 7. The highest BCUT2D eigenvalue weighted by molar-refractivity contribution is 5.80. The topological polar surface area (TPSA) is 111 Å². The van der Waals surface area contributed by atoms with Gasteiger partial charge in [0, 0.05) is 23.2 Å². The molecular weight excluding hydrogens is 490 g/mol. The molecule has 0 saturated carbocycles. The number of nitrogens with zero attached hydrogens (tertiary/aromatic N) is 6. The molecule has 0 spiro atoms.